The van der Waals surface area contributed by atoms with Crippen LogP contribution in [0.15, 0.2) is 46.2 Å². The lowest BCUT2D eigenvalue weighted by Gasteiger charge is -2.30. The van der Waals surface area contributed by atoms with Crippen LogP contribution in [0.4, 0.5) is 4.39 Å². The molecule has 0 radical (unpaired) electrons. The van der Waals surface area contributed by atoms with Crippen molar-refractivity contribution in [3.8, 4) is 22.3 Å². The second kappa shape index (κ2) is 7.72. The summed E-state index contributed by atoms with van der Waals surface area (Å²) in [5.74, 6) is 0.511. The molecule has 0 atom stereocenters. The van der Waals surface area contributed by atoms with Gasteiger partial charge < -0.3 is 9.09 Å². The zero-order valence-electron chi connectivity index (χ0n) is 19.3. The van der Waals surface area contributed by atoms with E-state index in [4.69, 9.17) is 9.51 Å². The predicted molar refractivity (Wildman–Crippen MR) is 129 cm³/mol. The van der Waals surface area contributed by atoms with Gasteiger partial charge in [-0.15, -0.1) is 0 Å². The molecule has 1 amide bonds. The van der Waals surface area contributed by atoms with E-state index in [2.05, 4.69) is 16.2 Å². The molecule has 0 spiro atoms. The van der Waals surface area contributed by atoms with Gasteiger partial charge in [0.05, 0.1) is 28.8 Å². The molecule has 1 aliphatic carbocycles. The van der Waals surface area contributed by atoms with E-state index in [1.54, 1.807) is 12.3 Å². The van der Waals surface area contributed by atoms with Gasteiger partial charge in [0.25, 0.3) is 5.91 Å². The Morgan fingerprint density at radius 1 is 1.09 bits per heavy atom. The van der Waals surface area contributed by atoms with Gasteiger partial charge in [-0.25, -0.2) is 9.38 Å². The Bertz CT molecular complexity index is 1450. The van der Waals surface area contributed by atoms with Crippen molar-refractivity contribution < 1.29 is 13.7 Å². The highest BCUT2D eigenvalue weighted by Gasteiger charge is 2.33. The summed E-state index contributed by atoms with van der Waals surface area (Å²) in [6, 6.07) is 7.74. The maximum Gasteiger partial charge on any atom is 0.277 e. The standard InChI is InChI=1S/C27H25FN4O2/c1-16-24(17(2)34-31-16)20-11-23-25(29-13-20)22(14-32(23)15-27(28)8-4-3-5-9-27)18-6-7-21-19(10-18)12-30-26(21)33/h6-7,10-14H,3-5,8-9,15H2,1-2H3. The van der Waals surface area contributed by atoms with Gasteiger partial charge in [0.1, 0.15) is 11.4 Å². The third-order valence-corrected chi connectivity index (χ3v) is 7.16. The van der Waals surface area contributed by atoms with E-state index in [0.29, 0.717) is 24.9 Å². The number of amides is 1. The fourth-order valence-corrected chi connectivity index (χ4v) is 5.42. The number of aromatic nitrogens is 3. The van der Waals surface area contributed by atoms with Crippen molar-refractivity contribution >= 4 is 23.2 Å². The molecule has 172 valence electrons. The predicted octanol–water partition coefficient (Wildman–Crippen LogP) is 6.22. The number of hydrogen-bond donors (Lipinski definition) is 0. The van der Waals surface area contributed by atoms with E-state index in [1.807, 2.05) is 42.9 Å². The molecule has 6 rings (SSSR count). The Morgan fingerprint density at radius 3 is 2.68 bits per heavy atom. The van der Waals surface area contributed by atoms with E-state index >= 15 is 4.39 Å². The number of hydrogen-bond acceptors (Lipinski definition) is 4. The number of carbonyl (C=O) groups excluding carboxylic acids is 1. The number of aliphatic imine (C=N–C) groups is 1. The van der Waals surface area contributed by atoms with Crippen molar-refractivity contribution in [1.29, 1.82) is 0 Å². The van der Waals surface area contributed by atoms with Crippen molar-refractivity contribution in [2.75, 3.05) is 0 Å². The Morgan fingerprint density at radius 2 is 1.91 bits per heavy atom. The normalized spacial score (nSPS) is 17.0. The van der Waals surface area contributed by atoms with Gasteiger partial charge in [0, 0.05) is 40.9 Å². The number of rotatable bonds is 4. The van der Waals surface area contributed by atoms with Crippen molar-refractivity contribution in [2.24, 2.45) is 4.99 Å². The van der Waals surface area contributed by atoms with Crippen LogP contribution in [0, 0.1) is 13.8 Å². The zero-order valence-corrected chi connectivity index (χ0v) is 19.3. The van der Waals surface area contributed by atoms with E-state index in [0.717, 1.165) is 69.6 Å². The zero-order chi connectivity index (χ0) is 23.4. The van der Waals surface area contributed by atoms with E-state index in [1.165, 1.54) is 0 Å². The van der Waals surface area contributed by atoms with Crippen molar-refractivity contribution in [3.05, 3.63) is 59.2 Å². The molecule has 2 aliphatic rings. The quantitative estimate of drug-likeness (QED) is 0.365. The topological polar surface area (TPSA) is 73.3 Å². The lowest BCUT2D eigenvalue weighted by molar-refractivity contribution is 0.0873. The van der Waals surface area contributed by atoms with Crippen LogP contribution >= 0.6 is 0 Å². The average Bonchev–Trinajstić information content (AvgIpc) is 3.49. The van der Waals surface area contributed by atoms with Crippen LogP contribution in [0.25, 0.3) is 33.3 Å². The van der Waals surface area contributed by atoms with E-state index in [9.17, 15) is 4.79 Å². The monoisotopic (exact) mass is 456 g/mol. The lowest BCUT2D eigenvalue weighted by atomic mass is 9.86. The first-order valence-corrected chi connectivity index (χ1v) is 11.8. The Hall–Kier alpha value is -3.61. The van der Waals surface area contributed by atoms with Crippen LogP contribution in [-0.2, 0) is 6.54 Å². The highest BCUT2D eigenvalue weighted by Crippen LogP contribution is 2.38. The van der Waals surface area contributed by atoms with Gasteiger partial charge >= 0.3 is 0 Å². The Labute approximate surface area is 196 Å². The molecule has 1 aromatic carbocycles. The molecule has 0 saturated heterocycles. The lowest BCUT2D eigenvalue weighted by Crippen LogP contribution is -2.31. The molecule has 4 aromatic rings. The highest BCUT2D eigenvalue weighted by molar-refractivity contribution is 6.13. The highest BCUT2D eigenvalue weighted by atomic mass is 19.1. The Balaban J connectivity index is 1.52. The number of pyridine rings is 1. The summed E-state index contributed by atoms with van der Waals surface area (Å²) < 4.78 is 23.2. The third-order valence-electron chi connectivity index (χ3n) is 7.16. The number of aryl methyl sites for hydroxylation is 2. The molecule has 1 saturated carbocycles. The van der Waals surface area contributed by atoms with E-state index in [-0.39, 0.29) is 5.91 Å². The van der Waals surface area contributed by atoms with Crippen molar-refractivity contribution in [1.82, 2.24) is 14.7 Å². The smallest absolute Gasteiger partial charge is 0.277 e. The average molecular weight is 457 g/mol. The number of nitrogens with zero attached hydrogens (tertiary/aromatic N) is 4. The Kier molecular flexibility index (Phi) is 4.76. The van der Waals surface area contributed by atoms with Crippen LogP contribution in [0.1, 0.15) is 59.5 Å². The first-order valence-electron chi connectivity index (χ1n) is 11.8. The first-order chi connectivity index (χ1) is 16.4. The minimum absolute atomic E-state index is 0.220. The largest absolute Gasteiger partial charge is 0.361 e. The first kappa shape index (κ1) is 21.0. The van der Waals surface area contributed by atoms with E-state index < -0.39 is 5.67 Å². The minimum atomic E-state index is -1.22. The van der Waals surface area contributed by atoms with Crippen LogP contribution in [0.2, 0.25) is 0 Å². The number of alkyl halides is 1. The SMILES string of the molecule is Cc1noc(C)c1-c1cnc2c(-c3ccc4c(c3)C=NC4=O)cn(CC3(F)CCCCC3)c2c1. The molecule has 1 fully saturated rings. The molecule has 0 bridgehead atoms. The number of fused-ring (bicyclic) bond motifs is 2. The fraction of sp³-hybridized carbons (Fsp3) is 0.333. The number of halogens is 1. The summed E-state index contributed by atoms with van der Waals surface area (Å²) in [6.07, 6.45) is 9.52. The van der Waals surface area contributed by atoms with Crippen molar-refractivity contribution in [2.45, 2.75) is 58.2 Å². The third kappa shape index (κ3) is 3.38. The molecule has 0 N–H and O–H groups in total. The van der Waals surface area contributed by atoms with Gasteiger partial charge in [0.15, 0.2) is 0 Å². The van der Waals surface area contributed by atoms with Crippen LogP contribution < -0.4 is 0 Å². The molecule has 7 heteroatoms. The molecule has 34 heavy (non-hydrogen) atoms. The summed E-state index contributed by atoms with van der Waals surface area (Å²) in [6.45, 7) is 4.09. The van der Waals surface area contributed by atoms with Crippen LogP contribution in [0.3, 0.4) is 0 Å². The fourth-order valence-electron chi connectivity index (χ4n) is 5.42. The molecule has 6 nitrogen and oxygen atoms in total. The van der Waals surface area contributed by atoms with Gasteiger partial charge in [-0.3, -0.25) is 9.78 Å². The molecule has 0 unspecified atom stereocenters. The molecular formula is C27H25FN4O2. The summed E-state index contributed by atoms with van der Waals surface area (Å²) in [5.41, 5.74) is 6.31. The summed E-state index contributed by atoms with van der Waals surface area (Å²) in [5, 5.41) is 4.08. The minimum Gasteiger partial charge on any atom is -0.361 e. The molecule has 4 heterocycles. The molecule has 3 aromatic heterocycles. The van der Waals surface area contributed by atoms with Gasteiger partial charge in [-0.2, -0.15) is 0 Å². The van der Waals surface area contributed by atoms with Crippen molar-refractivity contribution in [3.63, 3.8) is 0 Å². The number of carbonyl (C=O) groups is 1. The second-order valence-electron chi connectivity index (χ2n) is 9.54. The van der Waals surface area contributed by atoms with Gasteiger partial charge in [-0.1, -0.05) is 30.5 Å². The maximum atomic E-state index is 15.8. The molecule has 1 aliphatic heterocycles. The molecular weight excluding hydrogens is 431 g/mol. The number of benzene rings is 1. The van der Waals surface area contributed by atoms with Gasteiger partial charge in [-0.05, 0) is 50.5 Å². The summed E-state index contributed by atoms with van der Waals surface area (Å²) >= 11 is 0. The van der Waals surface area contributed by atoms with Crippen LogP contribution in [-0.4, -0.2) is 32.5 Å². The van der Waals surface area contributed by atoms with Gasteiger partial charge in [0.2, 0.25) is 0 Å². The summed E-state index contributed by atoms with van der Waals surface area (Å²) in [4.78, 5) is 20.7. The maximum absolute atomic E-state index is 15.8. The van der Waals surface area contributed by atoms with Crippen LogP contribution in [0.5, 0.6) is 0 Å². The second-order valence-corrected chi connectivity index (χ2v) is 9.54. The summed E-state index contributed by atoms with van der Waals surface area (Å²) in [7, 11) is 0.